The Morgan fingerprint density at radius 3 is 2.40 bits per heavy atom. The van der Waals surface area contributed by atoms with Crippen LogP contribution in [0.2, 0.25) is 0 Å². The van der Waals surface area contributed by atoms with Crippen molar-refractivity contribution >= 4 is 27.4 Å². The molecule has 0 amide bonds. The van der Waals surface area contributed by atoms with Gasteiger partial charge in [0.25, 0.3) is 0 Å². The van der Waals surface area contributed by atoms with Gasteiger partial charge >= 0.3 is 5.97 Å². The Morgan fingerprint density at radius 1 is 1.16 bits per heavy atom. The van der Waals surface area contributed by atoms with Crippen LogP contribution in [0.5, 0.6) is 5.75 Å². The molecule has 3 aromatic rings. The summed E-state index contributed by atoms with van der Waals surface area (Å²) in [7, 11) is 0. The van der Waals surface area contributed by atoms with Crippen molar-refractivity contribution in [2.75, 3.05) is 0 Å². The highest BCUT2D eigenvalue weighted by Crippen LogP contribution is 2.37. The molecule has 0 aliphatic heterocycles. The number of carbonyl (C=O) groups is 1. The molecule has 0 saturated carbocycles. The van der Waals surface area contributed by atoms with E-state index in [0.717, 1.165) is 20.5 Å². The van der Waals surface area contributed by atoms with Crippen molar-refractivity contribution in [2.24, 2.45) is 0 Å². The molecule has 3 rings (SSSR count). The minimum absolute atomic E-state index is 0.243. The predicted octanol–water partition coefficient (Wildman–Crippen LogP) is 5.32. The van der Waals surface area contributed by atoms with Crippen molar-refractivity contribution in [3.8, 4) is 5.75 Å². The van der Waals surface area contributed by atoms with E-state index in [-0.39, 0.29) is 5.75 Å². The van der Waals surface area contributed by atoms with Crippen molar-refractivity contribution in [3.63, 3.8) is 0 Å². The van der Waals surface area contributed by atoms with Crippen LogP contribution >= 0.6 is 11.3 Å². The molecule has 25 heavy (non-hydrogen) atoms. The summed E-state index contributed by atoms with van der Waals surface area (Å²) in [5.74, 6) is -0.186. The molecule has 0 radical (unpaired) electrons. The van der Waals surface area contributed by atoms with Gasteiger partial charge in [0.05, 0.1) is 10.1 Å². The maximum Gasteiger partial charge on any atom is 0.314 e. The van der Waals surface area contributed by atoms with Gasteiger partial charge in [0.15, 0.2) is 0 Å². The summed E-state index contributed by atoms with van der Waals surface area (Å²) >= 11 is 1.46. The van der Waals surface area contributed by atoms with Crippen molar-refractivity contribution in [1.29, 1.82) is 0 Å². The van der Waals surface area contributed by atoms with Crippen LogP contribution in [0.3, 0.4) is 0 Å². The van der Waals surface area contributed by atoms with Gasteiger partial charge in [-0.05, 0) is 41.5 Å². The van der Waals surface area contributed by atoms with E-state index >= 15 is 0 Å². The van der Waals surface area contributed by atoms with E-state index in [4.69, 9.17) is 0 Å². The van der Waals surface area contributed by atoms with Gasteiger partial charge in [-0.25, -0.2) is 0 Å². The molecule has 1 unspecified atom stereocenters. The van der Waals surface area contributed by atoms with Crippen LogP contribution in [0.25, 0.3) is 10.1 Å². The van der Waals surface area contributed by atoms with Gasteiger partial charge in [-0.1, -0.05) is 50.2 Å². The molecule has 2 N–H and O–H groups in total. The fourth-order valence-corrected chi connectivity index (χ4v) is 4.30. The molecule has 0 bridgehead atoms. The van der Waals surface area contributed by atoms with Crippen molar-refractivity contribution in [2.45, 2.75) is 38.5 Å². The number of carboxylic acid groups (broad SMARTS) is 1. The zero-order valence-electron chi connectivity index (χ0n) is 14.6. The van der Waals surface area contributed by atoms with E-state index in [0.29, 0.717) is 12.3 Å². The first kappa shape index (κ1) is 17.5. The maximum absolute atomic E-state index is 12.1. The Bertz CT molecular complexity index is 909. The van der Waals surface area contributed by atoms with Crippen molar-refractivity contribution in [3.05, 3.63) is 64.5 Å². The molecule has 0 aliphatic carbocycles. The van der Waals surface area contributed by atoms with Gasteiger partial charge in [-0.15, -0.1) is 11.3 Å². The molecule has 1 aromatic heterocycles. The summed E-state index contributed by atoms with van der Waals surface area (Å²) in [6, 6.07) is 15.2. The van der Waals surface area contributed by atoms with Gasteiger partial charge < -0.3 is 10.2 Å². The fourth-order valence-electron chi connectivity index (χ4n) is 3.07. The number of thiophene rings is 1. The van der Waals surface area contributed by atoms with Crippen LogP contribution in [0, 0.1) is 0 Å². The van der Waals surface area contributed by atoms with Crippen LogP contribution in [0.4, 0.5) is 0 Å². The Balaban J connectivity index is 1.99. The van der Waals surface area contributed by atoms with Crippen LogP contribution < -0.4 is 0 Å². The number of aliphatic carboxylic acids is 1. The average molecular weight is 354 g/mol. The van der Waals surface area contributed by atoms with Crippen molar-refractivity contribution in [1.82, 2.24) is 0 Å². The molecule has 130 valence electrons. The number of carboxylic acids is 1. The first-order chi connectivity index (χ1) is 11.8. The summed E-state index contributed by atoms with van der Waals surface area (Å²) < 4.78 is 0.806. The van der Waals surface area contributed by atoms with Crippen LogP contribution in [-0.2, 0) is 16.6 Å². The third kappa shape index (κ3) is 3.27. The van der Waals surface area contributed by atoms with Crippen LogP contribution in [-0.4, -0.2) is 16.2 Å². The highest BCUT2D eigenvalue weighted by atomic mass is 32.1. The lowest BCUT2D eigenvalue weighted by atomic mass is 9.78. The average Bonchev–Trinajstić information content (AvgIpc) is 2.98. The van der Waals surface area contributed by atoms with Crippen LogP contribution in [0.15, 0.2) is 48.5 Å². The normalized spacial score (nSPS) is 13.9. The summed E-state index contributed by atoms with van der Waals surface area (Å²) in [4.78, 5) is 13.0. The molecule has 0 aliphatic rings. The fraction of sp³-hybridized carbons (Fsp3) is 0.286. The third-order valence-corrected chi connectivity index (χ3v) is 5.96. The Labute approximate surface area is 151 Å². The first-order valence-electron chi connectivity index (χ1n) is 8.35. The van der Waals surface area contributed by atoms with E-state index in [1.807, 2.05) is 36.4 Å². The zero-order valence-corrected chi connectivity index (χ0v) is 15.4. The third-order valence-electron chi connectivity index (χ3n) is 4.79. The quantitative estimate of drug-likeness (QED) is 0.652. The lowest BCUT2D eigenvalue weighted by Crippen LogP contribution is -2.34. The van der Waals surface area contributed by atoms with Gasteiger partial charge in [-0.3, -0.25) is 4.79 Å². The number of phenolic OH excluding ortho intramolecular Hbond substituents is 1. The number of phenols is 1. The number of hydrogen-bond acceptors (Lipinski definition) is 3. The molecule has 0 saturated heterocycles. The maximum atomic E-state index is 12.1. The Hall–Kier alpha value is -2.33. The van der Waals surface area contributed by atoms with E-state index in [2.05, 4.69) is 13.8 Å². The molecular formula is C21H22O3S. The second-order valence-corrected chi connectivity index (χ2v) is 8.14. The molecule has 0 spiro atoms. The number of aromatic hydroxyl groups is 1. The molecule has 4 heteroatoms. The van der Waals surface area contributed by atoms with E-state index in [1.54, 1.807) is 19.1 Å². The summed E-state index contributed by atoms with van der Waals surface area (Å²) in [5.41, 5.74) is 0.987. The monoisotopic (exact) mass is 354 g/mol. The highest BCUT2D eigenvalue weighted by Gasteiger charge is 2.36. The van der Waals surface area contributed by atoms with Crippen LogP contribution in [0.1, 0.15) is 42.7 Å². The summed E-state index contributed by atoms with van der Waals surface area (Å²) in [6.45, 7) is 6.01. The second kappa shape index (κ2) is 6.52. The summed E-state index contributed by atoms with van der Waals surface area (Å²) in [5, 5.41) is 20.8. The van der Waals surface area contributed by atoms with E-state index in [1.165, 1.54) is 16.9 Å². The Kier molecular flexibility index (Phi) is 4.56. The lowest BCUT2D eigenvalue weighted by Gasteiger charge is -2.25. The van der Waals surface area contributed by atoms with Gasteiger partial charge in [-0.2, -0.15) is 0 Å². The molecule has 2 aromatic carbocycles. The molecular weight excluding hydrogens is 332 g/mol. The summed E-state index contributed by atoms with van der Waals surface area (Å²) in [6.07, 6.45) is 0.391. The van der Waals surface area contributed by atoms with E-state index in [9.17, 15) is 15.0 Å². The second-order valence-electron chi connectivity index (χ2n) is 7.00. The molecule has 1 atom stereocenters. The zero-order chi connectivity index (χ0) is 18.2. The Morgan fingerprint density at radius 2 is 1.84 bits per heavy atom. The number of benzene rings is 2. The standard InChI is InChI=1S/C21H22O3S/c1-13(2)14-7-9-16(10-8-14)21(3,20(23)24)12-17-11-15-5-4-6-18(22)19(15)25-17/h4-11,13,22H,12H2,1-3H3,(H,23,24). The minimum atomic E-state index is -1.01. The molecule has 1 heterocycles. The predicted molar refractivity (Wildman–Crippen MR) is 103 cm³/mol. The number of rotatable bonds is 5. The first-order valence-corrected chi connectivity index (χ1v) is 9.17. The van der Waals surface area contributed by atoms with E-state index < -0.39 is 11.4 Å². The smallest absolute Gasteiger partial charge is 0.314 e. The minimum Gasteiger partial charge on any atom is -0.506 e. The largest absolute Gasteiger partial charge is 0.506 e. The molecule has 0 fully saturated rings. The highest BCUT2D eigenvalue weighted by molar-refractivity contribution is 7.19. The van der Waals surface area contributed by atoms with Gasteiger partial charge in [0.2, 0.25) is 0 Å². The molecule has 3 nitrogen and oxygen atoms in total. The number of hydrogen-bond donors (Lipinski definition) is 2. The SMILES string of the molecule is CC(C)c1ccc(C(C)(Cc2cc3cccc(O)c3s2)C(=O)O)cc1. The van der Waals surface area contributed by atoms with Crippen molar-refractivity contribution < 1.29 is 15.0 Å². The van der Waals surface area contributed by atoms with Gasteiger partial charge in [0, 0.05) is 11.3 Å². The topological polar surface area (TPSA) is 57.5 Å². The number of fused-ring (bicyclic) bond motifs is 1. The van der Waals surface area contributed by atoms with Gasteiger partial charge in [0.1, 0.15) is 5.75 Å². The lowest BCUT2D eigenvalue weighted by molar-refractivity contribution is -0.143.